The first-order chi connectivity index (χ1) is 6.44. The maximum Gasteiger partial charge on any atom is 0.00406 e. The second kappa shape index (κ2) is 4.89. The average Bonchev–Trinajstić information content (AvgIpc) is 2.52. The van der Waals surface area contributed by atoms with Crippen LogP contribution in [0.5, 0.6) is 0 Å². The van der Waals surface area contributed by atoms with Crippen molar-refractivity contribution < 1.29 is 0 Å². The molecule has 1 fully saturated rings. The molecule has 1 aliphatic rings. The Morgan fingerprint density at radius 2 is 2.07 bits per heavy atom. The van der Waals surface area contributed by atoms with E-state index in [4.69, 9.17) is 0 Å². The minimum Gasteiger partial charge on any atom is -0.302 e. The largest absolute Gasteiger partial charge is 0.302 e. The summed E-state index contributed by atoms with van der Waals surface area (Å²) in [6, 6.07) is 0. The Kier molecular flexibility index (Phi) is 4.32. The van der Waals surface area contributed by atoms with Crippen molar-refractivity contribution in [1.82, 2.24) is 4.90 Å². The van der Waals surface area contributed by atoms with Crippen LogP contribution in [-0.2, 0) is 0 Å². The summed E-state index contributed by atoms with van der Waals surface area (Å²) in [5.41, 5.74) is 0.370. The molecule has 1 atom stereocenters. The van der Waals surface area contributed by atoms with E-state index in [1.165, 1.54) is 26.1 Å². The van der Waals surface area contributed by atoms with E-state index in [9.17, 15) is 0 Å². The van der Waals surface area contributed by atoms with Crippen molar-refractivity contribution in [3.05, 3.63) is 0 Å². The maximum atomic E-state index is 4.41. The van der Waals surface area contributed by atoms with Gasteiger partial charge in [-0.1, -0.05) is 27.7 Å². The zero-order valence-electron chi connectivity index (χ0n) is 10.1. The fourth-order valence-electron chi connectivity index (χ4n) is 2.21. The number of rotatable bonds is 4. The van der Waals surface area contributed by atoms with Crippen LogP contribution in [0.1, 0.15) is 34.1 Å². The Labute approximate surface area is 94.7 Å². The summed E-state index contributed by atoms with van der Waals surface area (Å²) in [5, 5.41) is 0. The first-order valence-corrected chi connectivity index (χ1v) is 6.41. The van der Waals surface area contributed by atoms with Crippen molar-refractivity contribution in [2.75, 3.05) is 25.4 Å². The first-order valence-electron chi connectivity index (χ1n) is 5.78. The van der Waals surface area contributed by atoms with Crippen LogP contribution in [0.15, 0.2) is 0 Å². The van der Waals surface area contributed by atoms with Crippen LogP contribution in [0.3, 0.4) is 0 Å². The highest BCUT2D eigenvalue weighted by Crippen LogP contribution is 2.27. The molecule has 0 radical (unpaired) electrons. The summed E-state index contributed by atoms with van der Waals surface area (Å²) in [4.78, 5) is 2.61. The van der Waals surface area contributed by atoms with Gasteiger partial charge in [0.15, 0.2) is 0 Å². The minimum absolute atomic E-state index is 0.370. The normalized spacial score (nSPS) is 24.9. The average molecular weight is 215 g/mol. The highest BCUT2D eigenvalue weighted by molar-refractivity contribution is 7.80. The monoisotopic (exact) mass is 215 g/mol. The van der Waals surface area contributed by atoms with Gasteiger partial charge in [0.2, 0.25) is 0 Å². The molecule has 14 heavy (non-hydrogen) atoms. The second-order valence-corrected chi connectivity index (χ2v) is 6.17. The third-order valence-electron chi connectivity index (χ3n) is 3.33. The molecule has 0 aromatic carbocycles. The van der Waals surface area contributed by atoms with Crippen LogP contribution in [0.4, 0.5) is 0 Å². The third-order valence-corrected chi connectivity index (χ3v) is 4.19. The lowest BCUT2D eigenvalue weighted by Crippen LogP contribution is -2.34. The van der Waals surface area contributed by atoms with Gasteiger partial charge in [0.05, 0.1) is 0 Å². The van der Waals surface area contributed by atoms with Crippen molar-refractivity contribution in [2.45, 2.75) is 34.1 Å². The van der Waals surface area contributed by atoms with E-state index in [1.54, 1.807) is 0 Å². The van der Waals surface area contributed by atoms with E-state index in [1.807, 2.05) is 0 Å². The van der Waals surface area contributed by atoms with E-state index in [2.05, 4.69) is 45.2 Å². The van der Waals surface area contributed by atoms with Crippen LogP contribution in [0.2, 0.25) is 0 Å². The molecule has 0 aromatic heterocycles. The summed E-state index contributed by atoms with van der Waals surface area (Å²) in [7, 11) is 0. The summed E-state index contributed by atoms with van der Waals surface area (Å²) in [5.74, 6) is 2.75. The van der Waals surface area contributed by atoms with Gasteiger partial charge in [0.25, 0.3) is 0 Å². The van der Waals surface area contributed by atoms with E-state index < -0.39 is 0 Å². The molecular weight excluding hydrogens is 190 g/mol. The SMILES string of the molecule is CC(C)C1CCN(CC(C)(C)CS)C1. The lowest BCUT2D eigenvalue weighted by Gasteiger charge is -2.29. The first kappa shape index (κ1) is 12.4. The van der Waals surface area contributed by atoms with Gasteiger partial charge in [-0.05, 0) is 36.0 Å². The van der Waals surface area contributed by atoms with Crippen LogP contribution in [0.25, 0.3) is 0 Å². The molecule has 0 N–H and O–H groups in total. The quantitative estimate of drug-likeness (QED) is 0.706. The van der Waals surface area contributed by atoms with Crippen LogP contribution in [-0.4, -0.2) is 30.3 Å². The molecule has 1 nitrogen and oxygen atoms in total. The van der Waals surface area contributed by atoms with Crippen molar-refractivity contribution in [2.24, 2.45) is 17.3 Å². The fraction of sp³-hybridized carbons (Fsp3) is 1.00. The van der Waals surface area contributed by atoms with Gasteiger partial charge in [-0.25, -0.2) is 0 Å². The lowest BCUT2D eigenvalue weighted by atomic mass is 9.94. The van der Waals surface area contributed by atoms with Crippen LogP contribution in [0, 0.1) is 17.3 Å². The zero-order chi connectivity index (χ0) is 10.8. The standard InChI is InChI=1S/C12H25NS/c1-10(2)11-5-6-13(7-11)8-12(3,4)9-14/h10-11,14H,5-9H2,1-4H3. The predicted octanol–water partition coefficient (Wildman–Crippen LogP) is 2.92. The van der Waals surface area contributed by atoms with Gasteiger partial charge in [-0.15, -0.1) is 0 Å². The molecule has 1 aliphatic heterocycles. The predicted molar refractivity (Wildman–Crippen MR) is 67.0 cm³/mol. The van der Waals surface area contributed by atoms with Crippen LogP contribution >= 0.6 is 12.6 Å². The summed E-state index contributed by atoms with van der Waals surface area (Å²) in [6.07, 6.45) is 1.39. The summed E-state index contributed by atoms with van der Waals surface area (Å²) in [6.45, 7) is 13.1. The minimum atomic E-state index is 0.370. The fourth-order valence-corrected chi connectivity index (χ4v) is 2.31. The molecule has 0 aliphatic carbocycles. The molecule has 0 spiro atoms. The van der Waals surface area contributed by atoms with Gasteiger partial charge in [0.1, 0.15) is 0 Å². The van der Waals surface area contributed by atoms with Gasteiger partial charge < -0.3 is 4.90 Å². The maximum absolute atomic E-state index is 4.41. The molecule has 1 rings (SSSR count). The van der Waals surface area contributed by atoms with Crippen molar-refractivity contribution in [3.8, 4) is 0 Å². The Morgan fingerprint density at radius 3 is 2.50 bits per heavy atom. The lowest BCUT2D eigenvalue weighted by molar-refractivity contribution is 0.218. The highest BCUT2D eigenvalue weighted by atomic mass is 32.1. The van der Waals surface area contributed by atoms with Gasteiger partial charge in [-0.2, -0.15) is 12.6 Å². The van der Waals surface area contributed by atoms with Gasteiger partial charge in [-0.3, -0.25) is 0 Å². The molecule has 1 unspecified atom stereocenters. The third kappa shape index (κ3) is 3.47. The molecule has 1 heterocycles. The Balaban J connectivity index is 2.36. The number of nitrogens with zero attached hydrogens (tertiary/aromatic N) is 1. The zero-order valence-corrected chi connectivity index (χ0v) is 11.0. The van der Waals surface area contributed by atoms with Crippen molar-refractivity contribution in [3.63, 3.8) is 0 Å². The van der Waals surface area contributed by atoms with Crippen molar-refractivity contribution in [1.29, 1.82) is 0 Å². The topological polar surface area (TPSA) is 3.24 Å². The molecule has 0 bridgehead atoms. The summed E-state index contributed by atoms with van der Waals surface area (Å²) < 4.78 is 0. The molecule has 84 valence electrons. The van der Waals surface area contributed by atoms with E-state index in [0.717, 1.165) is 17.6 Å². The summed E-state index contributed by atoms with van der Waals surface area (Å²) >= 11 is 4.41. The molecular formula is C12H25NS. The van der Waals surface area contributed by atoms with Crippen LogP contribution < -0.4 is 0 Å². The molecule has 1 saturated heterocycles. The molecule has 0 amide bonds. The molecule has 0 saturated carbocycles. The van der Waals surface area contributed by atoms with E-state index in [-0.39, 0.29) is 0 Å². The number of hydrogen-bond acceptors (Lipinski definition) is 2. The highest BCUT2D eigenvalue weighted by Gasteiger charge is 2.28. The number of hydrogen-bond donors (Lipinski definition) is 1. The molecule has 0 aromatic rings. The Morgan fingerprint density at radius 1 is 1.43 bits per heavy atom. The van der Waals surface area contributed by atoms with Gasteiger partial charge in [0, 0.05) is 13.1 Å². The van der Waals surface area contributed by atoms with E-state index in [0.29, 0.717) is 5.41 Å². The van der Waals surface area contributed by atoms with Crippen molar-refractivity contribution >= 4 is 12.6 Å². The Hall–Kier alpha value is 0.310. The smallest absolute Gasteiger partial charge is 0.00406 e. The number of thiol groups is 1. The number of likely N-dealkylation sites (tertiary alicyclic amines) is 1. The van der Waals surface area contributed by atoms with Gasteiger partial charge >= 0.3 is 0 Å². The van der Waals surface area contributed by atoms with E-state index >= 15 is 0 Å². The Bertz CT molecular complexity index is 177. The molecule has 2 heteroatoms. The second-order valence-electron chi connectivity index (χ2n) is 5.85.